The number of piperidine rings is 1. The SMILES string of the molecule is C=CC(=O)N1CCC(F)(F)C[C@@H]1COC(=O)N[C@@H](Cc1coc2ccccc12)B(O)O. The van der Waals surface area contributed by atoms with Crippen molar-refractivity contribution in [2.45, 2.75) is 37.2 Å². The highest BCUT2D eigenvalue weighted by Gasteiger charge is 2.42. The summed E-state index contributed by atoms with van der Waals surface area (Å²) in [7, 11) is -1.90. The second kappa shape index (κ2) is 9.48. The molecule has 8 nitrogen and oxygen atoms in total. The highest BCUT2D eigenvalue weighted by atomic mass is 19.3. The molecule has 1 aromatic carbocycles. The zero-order valence-electron chi connectivity index (χ0n) is 16.7. The van der Waals surface area contributed by atoms with Gasteiger partial charge in [-0.3, -0.25) is 4.79 Å². The standard InChI is InChI=1S/C20H23BF2N2O6/c1-2-18(26)25-8-7-20(22,23)10-14(25)12-31-19(27)24-17(21(28)29)9-13-11-30-16-6-4-3-5-15(13)16/h2-6,11,14,17,28-29H,1,7-10,12H2,(H,24,27)/t14-,17+/m1/s1. The van der Waals surface area contributed by atoms with Gasteiger partial charge in [-0.1, -0.05) is 24.8 Å². The van der Waals surface area contributed by atoms with Gasteiger partial charge in [-0.25, -0.2) is 13.6 Å². The summed E-state index contributed by atoms with van der Waals surface area (Å²) in [6, 6.07) is 6.11. The molecule has 1 aliphatic heterocycles. The Labute approximate surface area is 177 Å². The molecule has 2 heterocycles. The van der Waals surface area contributed by atoms with Gasteiger partial charge < -0.3 is 29.4 Å². The van der Waals surface area contributed by atoms with Gasteiger partial charge in [-0.05, 0) is 24.1 Å². The zero-order valence-corrected chi connectivity index (χ0v) is 16.7. The lowest BCUT2D eigenvalue weighted by molar-refractivity contribution is -0.140. The second-order valence-electron chi connectivity index (χ2n) is 7.42. The van der Waals surface area contributed by atoms with E-state index in [1.54, 1.807) is 24.3 Å². The molecule has 2 amide bonds. The predicted octanol–water partition coefficient (Wildman–Crippen LogP) is 1.89. The van der Waals surface area contributed by atoms with Gasteiger partial charge in [-0.2, -0.15) is 0 Å². The minimum atomic E-state index is -2.98. The fourth-order valence-electron chi connectivity index (χ4n) is 3.60. The molecule has 11 heteroatoms. The minimum absolute atomic E-state index is 0.0341. The van der Waals surface area contributed by atoms with Crippen LogP contribution in [-0.4, -0.2) is 65.1 Å². The highest BCUT2D eigenvalue weighted by Crippen LogP contribution is 2.32. The van der Waals surface area contributed by atoms with Gasteiger partial charge in [0.2, 0.25) is 5.91 Å². The van der Waals surface area contributed by atoms with Gasteiger partial charge in [0.05, 0.1) is 18.2 Å². The molecule has 1 aromatic heterocycles. The van der Waals surface area contributed by atoms with Gasteiger partial charge >= 0.3 is 13.2 Å². The van der Waals surface area contributed by atoms with Crippen LogP contribution in [0.1, 0.15) is 18.4 Å². The maximum atomic E-state index is 13.8. The fourth-order valence-corrected chi connectivity index (χ4v) is 3.60. The van der Waals surface area contributed by atoms with Crippen LogP contribution in [0.4, 0.5) is 13.6 Å². The number of fused-ring (bicyclic) bond motifs is 1. The molecular weight excluding hydrogens is 413 g/mol. The van der Waals surface area contributed by atoms with Crippen LogP contribution in [0.25, 0.3) is 11.0 Å². The molecule has 3 N–H and O–H groups in total. The lowest BCUT2D eigenvalue weighted by atomic mass is 9.76. The number of halogens is 2. The quantitative estimate of drug-likeness (QED) is 0.452. The van der Waals surface area contributed by atoms with E-state index in [0.717, 1.165) is 11.5 Å². The number of carbonyl (C=O) groups excluding carboxylic acids is 2. The number of furan rings is 1. The van der Waals surface area contributed by atoms with Crippen LogP contribution in [0.3, 0.4) is 0 Å². The van der Waals surface area contributed by atoms with E-state index in [2.05, 4.69) is 11.9 Å². The number of hydrogen-bond acceptors (Lipinski definition) is 6. The monoisotopic (exact) mass is 436 g/mol. The molecule has 1 aliphatic rings. The average Bonchev–Trinajstić information content (AvgIpc) is 3.13. The van der Waals surface area contributed by atoms with Crippen molar-refractivity contribution in [2.75, 3.05) is 13.2 Å². The van der Waals surface area contributed by atoms with Gasteiger partial charge in [0.25, 0.3) is 5.92 Å². The van der Waals surface area contributed by atoms with Crippen LogP contribution in [0.15, 0.2) is 47.6 Å². The molecule has 166 valence electrons. The number of alkyl halides is 2. The summed E-state index contributed by atoms with van der Waals surface area (Å²) in [6.45, 7) is 2.71. The first-order chi connectivity index (χ1) is 14.7. The summed E-state index contributed by atoms with van der Waals surface area (Å²) >= 11 is 0. The van der Waals surface area contributed by atoms with Crippen LogP contribution < -0.4 is 5.32 Å². The molecule has 0 saturated carbocycles. The third kappa shape index (κ3) is 5.62. The molecule has 3 rings (SSSR count). The first kappa shape index (κ1) is 22.8. The van der Waals surface area contributed by atoms with Crippen molar-refractivity contribution in [1.29, 1.82) is 0 Å². The largest absolute Gasteiger partial charge is 0.475 e. The third-order valence-electron chi connectivity index (χ3n) is 5.22. The molecule has 0 unspecified atom stereocenters. The predicted molar refractivity (Wildman–Crippen MR) is 108 cm³/mol. The van der Waals surface area contributed by atoms with E-state index in [4.69, 9.17) is 9.15 Å². The molecule has 0 aliphatic carbocycles. The second-order valence-corrected chi connectivity index (χ2v) is 7.42. The van der Waals surface area contributed by atoms with Crippen molar-refractivity contribution in [3.63, 3.8) is 0 Å². The van der Waals surface area contributed by atoms with E-state index in [1.165, 1.54) is 11.2 Å². The molecule has 0 spiro atoms. The van der Waals surface area contributed by atoms with E-state index in [0.29, 0.717) is 11.1 Å². The highest BCUT2D eigenvalue weighted by molar-refractivity contribution is 6.43. The summed E-state index contributed by atoms with van der Waals surface area (Å²) in [6.07, 6.45) is 0.358. The summed E-state index contributed by atoms with van der Waals surface area (Å²) in [5.41, 5.74) is 1.25. The van der Waals surface area contributed by atoms with Crippen LogP contribution in [-0.2, 0) is 16.0 Å². The Balaban J connectivity index is 1.61. The molecule has 0 bridgehead atoms. The molecular formula is C20H23BF2N2O6. The number of rotatable bonds is 7. The topological polar surface area (TPSA) is 112 Å². The average molecular weight is 436 g/mol. The number of carbonyl (C=O) groups is 2. The van der Waals surface area contributed by atoms with Crippen molar-refractivity contribution in [2.24, 2.45) is 0 Å². The first-order valence-electron chi connectivity index (χ1n) is 9.75. The Hall–Kier alpha value is -2.92. The lowest BCUT2D eigenvalue weighted by Crippen LogP contribution is -2.52. The van der Waals surface area contributed by atoms with Gasteiger partial charge in [0.1, 0.15) is 12.2 Å². The third-order valence-corrected chi connectivity index (χ3v) is 5.22. The van der Waals surface area contributed by atoms with Crippen molar-refractivity contribution in [3.05, 3.63) is 48.7 Å². The maximum Gasteiger partial charge on any atom is 0.475 e. The number of nitrogens with one attached hydrogen (secondary N) is 1. The number of hydrogen-bond donors (Lipinski definition) is 3. The van der Waals surface area contributed by atoms with E-state index in [1.807, 2.05) is 0 Å². The van der Waals surface area contributed by atoms with Gasteiger partial charge in [0.15, 0.2) is 0 Å². The van der Waals surface area contributed by atoms with Gasteiger partial charge in [0, 0.05) is 24.8 Å². The Morgan fingerprint density at radius 2 is 2.16 bits per heavy atom. The number of nitrogens with zero attached hydrogens (tertiary/aromatic N) is 1. The Bertz CT molecular complexity index is 951. The molecule has 2 atom stereocenters. The van der Waals surface area contributed by atoms with Crippen LogP contribution >= 0.6 is 0 Å². The molecule has 2 aromatic rings. The van der Waals surface area contributed by atoms with E-state index >= 15 is 0 Å². The normalized spacial score (nSPS) is 19.0. The maximum absolute atomic E-state index is 13.8. The van der Waals surface area contributed by atoms with Crippen molar-refractivity contribution in [3.8, 4) is 0 Å². The number of ether oxygens (including phenoxy) is 1. The smallest absolute Gasteiger partial charge is 0.464 e. The Kier molecular flexibility index (Phi) is 6.96. The van der Waals surface area contributed by atoms with Crippen molar-refractivity contribution in [1.82, 2.24) is 10.2 Å². The van der Waals surface area contributed by atoms with Crippen molar-refractivity contribution < 1.29 is 37.6 Å². The van der Waals surface area contributed by atoms with E-state index in [9.17, 15) is 28.4 Å². The molecule has 1 saturated heterocycles. The minimum Gasteiger partial charge on any atom is -0.464 e. The first-order valence-corrected chi connectivity index (χ1v) is 9.75. The van der Waals surface area contributed by atoms with Gasteiger partial charge in [-0.15, -0.1) is 0 Å². The summed E-state index contributed by atoms with van der Waals surface area (Å²) < 4.78 is 38.0. The van der Waals surface area contributed by atoms with Crippen LogP contribution in [0.2, 0.25) is 0 Å². The number of likely N-dealkylation sites (tertiary alicyclic amines) is 1. The number of para-hydroxylation sites is 1. The fraction of sp³-hybridized carbons (Fsp3) is 0.400. The summed E-state index contributed by atoms with van der Waals surface area (Å²) in [4.78, 5) is 25.3. The zero-order chi connectivity index (χ0) is 22.6. The Morgan fingerprint density at radius 1 is 1.42 bits per heavy atom. The number of amides is 2. The lowest BCUT2D eigenvalue weighted by Gasteiger charge is -2.38. The Morgan fingerprint density at radius 3 is 2.87 bits per heavy atom. The molecule has 0 radical (unpaired) electrons. The number of benzene rings is 1. The van der Waals surface area contributed by atoms with Crippen LogP contribution in [0.5, 0.6) is 0 Å². The van der Waals surface area contributed by atoms with E-state index in [-0.39, 0.29) is 13.0 Å². The molecule has 31 heavy (non-hydrogen) atoms. The number of alkyl carbamates (subject to hydrolysis) is 1. The van der Waals surface area contributed by atoms with Crippen molar-refractivity contribution >= 4 is 30.1 Å². The molecule has 1 fully saturated rings. The van der Waals surface area contributed by atoms with E-state index < -0.39 is 56.5 Å². The van der Waals surface area contributed by atoms with Crippen LogP contribution in [0, 0.1) is 0 Å². The summed E-state index contributed by atoms with van der Waals surface area (Å²) in [5, 5.41) is 22.4. The summed E-state index contributed by atoms with van der Waals surface area (Å²) in [5.74, 6) is -4.64.